The Morgan fingerprint density at radius 1 is 0.556 bits per heavy atom. The standard InChI is InChI=1S/C16H34S2/c1-3-5-7-8-9-10-12-14-16(18)15(17)13-11-6-4-2/h15-18H,3-14H2,1-2H3. The van der Waals surface area contributed by atoms with E-state index in [1.54, 1.807) is 0 Å². The number of unbranched alkanes of at least 4 members (excludes halogenated alkanes) is 8. The van der Waals surface area contributed by atoms with Crippen LogP contribution in [-0.2, 0) is 0 Å². The largest absolute Gasteiger partial charge is 0.175 e. The van der Waals surface area contributed by atoms with Gasteiger partial charge in [0, 0.05) is 10.5 Å². The fraction of sp³-hybridized carbons (Fsp3) is 1.00. The van der Waals surface area contributed by atoms with Crippen LogP contribution in [0, 0.1) is 0 Å². The molecule has 0 aromatic heterocycles. The summed E-state index contributed by atoms with van der Waals surface area (Å²) in [5, 5.41) is 1.00. The molecule has 0 aromatic carbocycles. The van der Waals surface area contributed by atoms with Crippen LogP contribution in [0.15, 0.2) is 0 Å². The van der Waals surface area contributed by atoms with Gasteiger partial charge >= 0.3 is 0 Å². The van der Waals surface area contributed by atoms with Crippen molar-refractivity contribution in [2.75, 3.05) is 0 Å². The first-order chi connectivity index (χ1) is 8.72. The van der Waals surface area contributed by atoms with E-state index in [1.807, 2.05) is 0 Å². The molecule has 0 N–H and O–H groups in total. The van der Waals surface area contributed by atoms with E-state index >= 15 is 0 Å². The summed E-state index contributed by atoms with van der Waals surface area (Å²) in [5.41, 5.74) is 0. The van der Waals surface area contributed by atoms with Crippen LogP contribution >= 0.6 is 25.3 Å². The fourth-order valence-electron chi connectivity index (χ4n) is 2.30. The minimum absolute atomic E-state index is 0.500. The van der Waals surface area contributed by atoms with Crippen LogP contribution in [0.1, 0.15) is 90.9 Å². The van der Waals surface area contributed by atoms with Crippen LogP contribution in [0.3, 0.4) is 0 Å². The summed E-state index contributed by atoms with van der Waals surface area (Å²) in [6.07, 6.45) is 16.2. The Balaban J connectivity index is 3.31. The Hall–Kier alpha value is 0.700. The van der Waals surface area contributed by atoms with E-state index in [0.717, 1.165) is 0 Å². The van der Waals surface area contributed by atoms with Crippen molar-refractivity contribution in [1.29, 1.82) is 0 Å². The van der Waals surface area contributed by atoms with E-state index in [-0.39, 0.29) is 0 Å². The second-order valence-electron chi connectivity index (χ2n) is 5.54. The molecule has 0 aliphatic rings. The van der Waals surface area contributed by atoms with Gasteiger partial charge in [0.15, 0.2) is 0 Å². The lowest BCUT2D eigenvalue weighted by molar-refractivity contribution is 0.553. The molecule has 2 unspecified atom stereocenters. The van der Waals surface area contributed by atoms with Gasteiger partial charge < -0.3 is 0 Å². The molecule has 0 aromatic rings. The molecule has 18 heavy (non-hydrogen) atoms. The van der Waals surface area contributed by atoms with E-state index in [4.69, 9.17) is 25.3 Å². The first-order valence-electron chi connectivity index (χ1n) is 8.08. The van der Waals surface area contributed by atoms with Gasteiger partial charge in [-0.3, -0.25) is 0 Å². The summed E-state index contributed by atoms with van der Waals surface area (Å²) in [7, 11) is 0. The van der Waals surface area contributed by atoms with Gasteiger partial charge in [-0.05, 0) is 12.8 Å². The molecule has 0 spiro atoms. The average molecular weight is 291 g/mol. The van der Waals surface area contributed by atoms with Crippen LogP contribution in [-0.4, -0.2) is 10.5 Å². The van der Waals surface area contributed by atoms with Gasteiger partial charge in [-0.15, -0.1) is 0 Å². The molecule has 0 radical (unpaired) electrons. The molecule has 0 nitrogen and oxygen atoms in total. The summed E-state index contributed by atoms with van der Waals surface area (Å²) in [5.74, 6) is 0. The topological polar surface area (TPSA) is 0 Å². The summed E-state index contributed by atoms with van der Waals surface area (Å²) in [4.78, 5) is 0. The zero-order chi connectivity index (χ0) is 13.6. The lowest BCUT2D eigenvalue weighted by atomic mass is 10.0. The van der Waals surface area contributed by atoms with E-state index < -0.39 is 0 Å². The molecule has 0 aliphatic carbocycles. The van der Waals surface area contributed by atoms with Crippen molar-refractivity contribution in [3.63, 3.8) is 0 Å². The highest BCUT2D eigenvalue weighted by Gasteiger charge is 2.12. The number of hydrogen-bond donors (Lipinski definition) is 2. The van der Waals surface area contributed by atoms with Crippen LogP contribution in [0.5, 0.6) is 0 Å². The van der Waals surface area contributed by atoms with Crippen molar-refractivity contribution in [3.8, 4) is 0 Å². The molecule has 0 amide bonds. The van der Waals surface area contributed by atoms with Crippen molar-refractivity contribution < 1.29 is 0 Å². The number of thiol groups is 2. The van der Waals surface area contributed by atoms with Gasteiger partial charge in [0.2, 0.25) is 0 Å². The first-order valence-corrected chi connectivity index (χ1v) is 9.11. The number of rotatable bonds is 13. The van der Waals surface area contributed by atoms with Gasteiger partial charge in [-0.1, -0.05) is 78.1 Å². The zero-order valence-electron chi connectivity index (χ0n) is 12.5. The minimum Gasteiger partial charge on any atom is -0.175 e. The molecular weight excluding hydrogens is 256 g/mol. The van der Waals surface area contributed by atoms with E-state index in [9.17, 15) is 0 Å². The van der Waals surface area contributed by atoms with Crippen molar-refractivity contribution in [2.24, 2.45) is 0 Å². The quantitative estimate of drug-likeness (QED) is 0.288. The molecule has 110 valence electrons. The third-order valence-corrected chi connectivity index (χ3v) is 5.12. The molecular formula is C16H34S2. The summed E-state index contributed by atoms with van der Waals surface area (Å²) >= 11 is 9.40. The van der Waals surface area contributed by atoms with Gasteiger partial charge in [0.05, 0.1) is 0 Å². The Bertz CT molecular complexity index is 159. The summed E-state index contributed by atoms with van der Waals surface area (Å²) < 4.78 is 0. The fourth-order valence-corrected chi connectivity index (χ4v) is 2.96. The average Bonchev–Trinajstić information content (AvgIpc) is 2.37. The Kier molecular flexibility index (Phi) is 14.7. The SMILES string of the molecule is CCCCCCCCCC(S)C(S)CCCCC. The van der Waals surface area contributed by atoms with Gasteiger partial charge in [-0.2, -0.15) is 25.3 Å². The molecule has 0 rings (SSSR count). The maximum absolute atomic E-state index is 4.71. The molecule has 0 fully saturated rings. The highest BCUT2D eigenvalue weighted by atomic mass is 32.1. The van der Waals surface area contributed by atoms with E-state index in [2.05, 4.69) is 13.8 Å². The molecule has 0 bridgehead atoms. The maximum Gasteiger partial charge on any atom is 0.0133 e. The molecule has 2 heteroatoms. The molecule has 0 saturated carbocycles. The predicted octanol–water partition coefficient (Wildman–Crippen LogP) is 6.30. The molecule has 0 aliphatic heterocycles. The minimum atomic E-state index is 0.500. The lowest BCUT2D eigenvalue weighted by Gasteiger charge is -2.18. The predicted molar refractivity (Wildman–Crippen MR) is 92.3 cm³/mol. The third kappa shape index (κ3) is 11.8. The first kappa shape index (κ1) is 18.7. The molecule has 0 heterocycles. The van der Waals surface area contributed by atoms with Gasteiger partial charge in [-0.25, -0.2) is 0 Å². The van der Waals surface area contributed by atoms with Crippen molar-refractivity contribution >= 4 is 25.3 Å². The van der Waals surface area contributed by atoms with Crippen molar-refractivity contribution in [2.45, 2.75) is 101 Å². The van der Waals surface area contributed by atoms with Crippen LogP contribution in [0.4, 0.5) is 0 Å². The van der Waals surface area contributed by atoms with Gasteiger partial charge in [0.25, 0.3) is 0 Å². The van der Waals surface area contributed by atoms with E-state index in [0.29, 0.717) is 10.5 Å². The lowest BCUT2D eigenvalue weighted by Crippen LogP contribution is -2.15. The van der Waals surface area contributed by atoms with Crippen LogP contribution in [0.2, 0.25) is 0 Å². The third-order valence-electron chi connectivity index (χ3n) is 3.65. The monoisotopic (exact) mass is 290 g/mol. The Morgan fingerprint density at radius 3 is 1.39 bits per heavy atom. The Labute approximate surface area is 127 Å². The van der Waals surface area contributed by atoms with Gasteiger partial charge in [0.1, 0.15) is 0 Å². The van der Waals surface area contributed by atoms with Crippen LogP contribution in [0.25, 0.3) is 0 Å². The second kappa shape index (κ2) is 14.1. The normalized spacial score (nSPS) is 14.7. The smallest absolute Gasteiger partial charge is 0.0133 e. The zero-order valence-corrected chi connectivity index (χ0v) is 14.3. The molecule has 0 saturated heterocycles. The van der Waals surface area contributed by atoms with Crippen LogP contribution < -0.4 is 0 Å². The maximum atomic E-state index is 4.71. The van der Waals surface area contributed by atoms with Crippen molar-refractivity contribution in [3.05, 3.63) is 0 Å². The highest BCUT2D eigenvalue weighted by Crippen LogP contribution is 2.21. The summed E-state index contributed by atoms with van der Waals surface area (Å²) in [6, 6.07) is 0. The summed E-state index contributed by atoms with van der Waals surface area (Å²) in [6.45, 7) is 4.53. The molecule has 2 atom stereocenters. The van der Waals surface area contributed by atoms with E-state index in [1.165, 1.54) is 77.0 Å². The number of hydrogen-bond acceptors (Lipinski definition) is 2. The van der Waals surface area contributed by atoms with Crippen molar-refractivity contribution in [1.82, 2.24) is 0 Å². The second-order valence-corrected chi connectivity index (χ2v) is 6.87. The highest BCUT2D eigenvalue weighted by molar-refractivity contribution is 7.85. The Morgan fingerprint density at radius 2 is 0.889 bits per heavy atom.